The van der Waals surface area contributed by atoms with Crippen LogP contribution in [0.2, 0.25) is 0 Å². The lowest BCUT2D eigenvalue weighted by Crippen LogP contribution is -2.22. The molecule has 2 aliphatic rings. The van der Waals surface area contributed by atoms with E-state index in [1.807, 2.05) is 18.6 Å². The lowest BCUT2D eigenvalue weighted by atomic mass is 10.1. The predicted octanol–water partition coefficient (Wildman–Crippen LogP) is 2.68. The Bertz CT molecular complexity index is 625. The highest BCUT2D eigenvalue weighted by molar-refractivity contribution is 5.86. The summed E-state index contributed by atoms with van der Waals surface area (Å²) in [7, 11) is 0. The van der Waals surface area contributed by atoms with E-state index in [1.165, 1.54) is 16.7 Å². The summed E-state index contributed by atoms with van der Waals surface area (Å²) < 4.78 is 0. The van der Waals surface area contributed by atoms with Crippen LogP contribution in [-0.4, -0.2) is 22.6 Å². The summed E-state index contributed by atoms with van der Waals surface area (Å²) in [6.45, 7) is 3.20. The van der Waals surface area contributed by atoms with Gasteiger partial charge in [-0.2, -0.15) is 0 Å². The molecule has 0 bridgehead atoms. The van der Waals surface area contributed by atoms with Crippen LogP contribution in [-0.2, 0) is 5.66 Å². The maximum Gasteiger partial charge on any atom is 0.175 e. The molecule has 4 rings (SSSR count). The van der Waals surface area contributed by atoms with Crippen molar-refractivity contribution in [2.45, 2.75) is 18.6 Å². The Labute approximate surface area is 112 Å². The van der Waals surface area contributed by atoms with Gasteiger partial charge in [-0.25, -0.2) is 0 Å². The van der Waals surface area contributed by atoms with Crippen molar-refractivity contribution >= 4 is 6.21 Å². The minimum atomic E-state index is -0.182. The van der Waals surface area contributed by atoms with Gasteiger partial charge in [-0.15, -0.1) is 0 Å². The highest BCUT2D eigenvalue weighted by atomic mass is 15.5. The van der Waals surface area contributed by atoms with Gasteiger partial charge in [-0.3, -0.25) is 14.9 Å². The van der Waals surface area contributed by atoms with Crippen molar-refractivity contribution in [2.75, 3.05) is 6.54 Å². The van der Waals surface area contributed by atoms with Crippen LogP contribution < -0.4 is 0 Å². The van der Waals surface area contributed by atoms with E-state index in [0.29, 0.717) is 6.04 Å². The zero-order chi connectivity index (χ0) is 12.9. The molecular weight excluding hydrogens is 234 g/mol. The van der Waals surface area contributed by atoms with Crippen LogP contribution in [0, 0.1) is 6.92 Å². The Morgan fingerprint density at radius 2 is 1.79 bits per heavy atom. The van der Waals surface area contributed by atoms with Crippen molar-refractivity contribution in [1.29, 1.82) is 0 Å². The number of aliphatic imine (C=N–C) groups is 1. The number of pyridine rings is 1. The zero-order valence-corrected chi connectivity index (χ0v) is 10.8. The normalized spacial score (nSPS) is 31.2. The smallest absolute Gasteiger partial charge is 0.175 e. The topological polar surface area (TPSA) is 28.3 Å². The van der Waals surface area contributed by atoms with Crippen LogP contribution >= 0.6 is 0 Å². The van der Waals surface area contributed by atoms with E-state index in [1.54, 1.807) is 0 Å². The van der Waals surface area contributed by atoms with Crippen LogP contribution in [0.5, 0.6) is 0 Å². The molecule has 1 aromatic heterocycles. The molecule has 0 radical (unpaired) electrons. The first-order chi connectivity index (χ1) is 9.29. The lowest BCUT2D eigenvalue weighted by molar-refractivity contribution is 0.374. The van der Waals surface area contributed by atoms with Gasteiger partial charge in [0.05, 0.1) is 6.04 Å². The Morgan fingerprint density at radius 3 is 2.42 bits per heavy atom. The molecule has 3 heterocycles. The third-order valence-electron chi connectivity index (χ3n) is 3.99. The lowest BCUT2D eigenvalue weighted by Gasteiger charge is -2.16. The van der Waals surface area contributed by atoms with Gasteiger partial charge >= 0.3 is 0 Å². The molecule has 2 aromatic rings. The van der Waals surface area contributed by atoms with E-state index in [9.17, 15) is 0 Å². The van der Waals surface area contributed by atoms with Crippen LogP contribution in [0.4, 0.5) is 0 Å². The minimum absolute atomic E-state index is 0.182. The molecule has 1 saturated heterocycles. The Morgan fingerprint density at radius 1 is 1.11 bits per heavy atom. The average molecular weight is 249 g/mol. The standard InChI is InChI=1S/C16H15N3/c1-12-2-4-13(5-3-12)15-10-19(15)16(11-18-16)14-6-8-17-9-7-14/h2-9,11,15H,10H2,1H3. The number of nitrogens with zero attached hydrogens (tertiary/aromatic N) is 3. The second-order valence-corrected chi connectivity index (χ2v) is 5.30. The van der Waals surface area contributed by atoms with Gasteiger partial charge < -0.3 is 0 Å². The summed E-state index contributed by atoms with van der Waals surface area (Å²) in [5.74, 6) is 0. The second kappa shape index (κ2) is 3.75. The number of hydrogen-bond donors (Lipinski definition) is 0. The molecule has 0 amide bonds. The van der Waals surface area contributed by atoms with Crippen molar-refractivity contribution in [3.8, 4) is 0 Å². The average Bonchev–Trinajstić information content (AvgIpc) is 3.33. The number of hydrogen-bond acceptors (Lipinski definition) is 3. The summed E-state index contributed by atoms with van der Waals surface area (Å²) in [5, 5.41) is 0. The largest absolute Gasteiger partial charge is 0.265 e. The van der Waals surface area contributed by atoms with Crippen molar-refractivity contribution in [1.82, 2.24) is 9.88 Å². The van der Waals surface area contributed by atoms with Crippen molar-refractivity contribution in [2.24, 2.45) is 4.99 Å². The highest BCUT2D eigenvalue weighted by Crippen LogP contribution is 2.50. The molecule has 0 spiro atoms. The Kier molecular flexibility index (Phi) is 2.15. The van der Waals surface area contributed by atoms with Crippen LogP contribution in [0.25, 0.3) is 0 Å². The van der Waals surface area contributed by atoms with Crippen molar-refractivity contribution in [3.63, 3.8) is 0 Å². The summed E-state index contributed by atoms with van der Waals surface area (Å²) in [5.41, 5.74) is 3.73. The van der Waals surface area contributed by atoms with Crippen LogP contribution in [0.3, 0.4) is 0 Å². The first kappa shape index (κ1) is 10.9. The molecule has 3 heteroatoms. The molecular formula is C16H15N3. The van der Waals surface area contributed by atoms with E-state index >= 15 is 0 Å². The second-order valence-electron chi connectivity index (χ2n) is 5.30. The first-order valence-corrected chi connectivity index (χ1v) is 6.60. The van der Waals surface area contributed by atoms with Gasteiger partial charge in [-0.1, -0.05) is 29.8 Å². The molecule has 0 aliphatic carbocycles. The third kappa shape index (κ3) is 1.70. The van der Waals surface area contributed by atoms with Gasteiger partial charge in [-0.05, 0) is 24.6 Å². The van der Waals surface area contributed by atoms with Crippen molar-refractivity contribution in [3.05, 3.63) is 65.5 Å². The zero-order valence-electron chi connectivity index (χ0n) is 10.8. The number of benzene rings is 1. The van der Waals surface area contributed by atoms with E-state index < -0.39 is 0 Å². The van der Waals surface area contributed by atoms with Gasteiger partial charge in [0.25, 0.3) is 0 Å². The number of aryl methyl sites for hydroxylation is 1. The molecule has 3 unspecified atom stereocenters. The fraction of sp³-hybridized carbons (Fsp3) is 0.250. The van der Waals surface area contributed by atoms with E-state index in [0.717, 1.165) is 6.54 Å². The van der Waals surface area contributed by atoms with E-state index in [-0.39, 0.29) is 5.66 Å². The van der Waals surface area contributed by atoms with Crippen molar-refractivity contribution < 1.29 is 0 Å². The molecule has 19 heavy (non-hydrogen) atoms. The maximum absolute atomic E-state index is 4.53. The Balaban J connectivity index is 1.58. The molecule has 3 nitrogen and oxygen atoms in total. The molecule has 2 aliphatic heterocycles. The molecule has 1 aromatic carbocycles. The molecule has 1 fully saturated rings. The molecule has 0 saturated carbocycles. The fourth-order valence-corrected chi connectivity index (χ4v) is 2.71. The summed E-state index contributed by atoms with van der Waals surface area (Å²) in [6.07, 6.45) is 5.71. The summed E-state index contributed by atoms with van der Waals surface area (Å²) in [4.78, 5) is 11.0. The van der Waals surface area contributed by atoms with E-state index in [2.05, 4.69) is 58.2 Å². The van der Waals surface area contributed by atoms with Gasteiger partial charge in [0.15, 0.2) is 5.66 Å². The monoisotopic (exact) mass is 249 g/mol. The third-order valence-corrected chi connectivity index (χ3v) is 3.99. The van der Waals surface area contributed by atoms with Crippen LogP contribution in [0.15, 0.2) is 53.8 Å². The summed E-state index contributed by atoms with van der Waals surface area (Å²) in [6, 6.07) is 13.4. The molecule has 94 valence electrons. The quantitative estimate of drug-likeness (QED) is 0.782. The Hall–Kier alpha value is -2.00. The highest BCUT2D eigenvalue weighted by Gasteiger charge is 2.56. The summed E-state index contributed by atoms with van der Waals surface area (Å²) >= 11 is 0. The SMILES string of the molecule is Cc1ccc(C2CN2C2(c3ccncc3)C=N2)cc1. The fourth-order valence-electron chi connectivity index (χ4n) is 2.71. The molecule has 0 N–H and O–H groups in total. The molecule has 3 atom stereocenters. The predicted molar refractivity (Wildman–Crippen MR) is 75.0 cm³/mol. The van der Waals surface area contributed by atoms with Gasteiger partial charge in [0, 0.05) is 30.7 Å². The van der Waals surface area contributed by atoms with Gasteiger partial charge in [0.1, 0.15) is 0 Å². The van der Waals surface area contributed by atoms with E-state index in [4.69, 9.17) is 0 Å². The van der Waals surface area contributed by atoms with Gasteiger partial charge in [0.2, 0.25) is 0 Å². The van der Waals surface area contributed by atoms with Crippen LogP contribution in [0.1, 0.15) is 22.7 Å². The number of aromatic nitrogens is 1. The number of rotatable bonds is 3. The minimum Gasteiger partial charge on any atom is -0.265 e. The maximum atomic E-state index is 4.53. The first-order valence-electron chi connectivity index (χ1n) is 6.60.